The Kier molecular flexibility index (Phi) is 5.03. The minimum absolute atomic E-state index is 0.117. The van der Waals surface area contributed by atoms with Crippen LogP contribution < -0.4 is 0 Å². The summed E-state index contributed by atoms with van der Waals surface area (Å²) in [5.74, 6) is 0.134. The van der Waals surface area contributed by atoms with E-state index in [0.717, 1.165) is 22.2 Å². The maximum Gasteiger partial charge on any atom is 0.264 e. The number of ether oxygens (including phenoxy) is 1. The molecule has 1 aliphatic heterocycles. The zero-order valence-electron chi connectivity index (χ0n) is 11.6. The van der Waals surface area contributed by atoms with Crippen LogP contribution in [0.15, 0.2) is 10.5 Å². The van der Waals surface area contributed by atoms with Crippen LogP contribution >= 0.6 is 27.3 Å². The van der Waals surface area contributed by atoms with Crippen LogP contribution in [0.25, 0.3) is 0 Å². The number of halogens is 1. The maximum atomic E-state index is 12.5. The molecule has 0 aliphatic carbocycles. The predicted molar refractivity (Wildman–Crippen MR) is 81.9 cm³/mol. The Bertz CT molecular complexity index is 450. The fourth-order valence-corrected chi connectivity index (χ4v) is 4.35. The van der Waals surface area contributed by atoms with Gasteiger partial charge in [0.2, 0.25) is 0 Å². The largest absolute Gasteiger partial charge is 0.372 e. The van der Waals surface area contributed by atoms with Gasteiger partial charge in [-0.15, -0.1) is 11.3 Å². The van der Waals surface area contributed by atoms with E-state index >= 15 is 0 Å². The third-order valence-electron chi connectivity index (χ3n) is 3.15. The van der Waals surface area contributed by atoms with Gasteiger partial charge in [-0.2, -0.15) is 0 Å². The van der Waals surface area contributed by atoms with Crippen LogP contribution in [0.5, 0.6) is 0 Å². The summed E-state index contributed by atoms with van der Waals surface area (Å²) in [4.78, 5) is 16.5. The van der Waals surface area contributed by atoms with Gasteiger partial charge in [0.15, 0.2) is 0 Å². The van der Waals surface area contributed by atoms with Crippen LogP contribution in [-0.2, 0) is 11.2 Å². The van der Waals surface area contributed by atoms with Crippen molar-refractivity contribution in [2.24, 2.45) is 0 Å². The van der Waals surface area contributed by atoms with Gasteiger partial charge in [0.1, 0.15) is 0 Å². The summed E-state index contributed by atoms with van der Waals surface area (Å²) < 4.78 is 6.74. The maximum absolute atomic E-state index is 12.5. The monoisotopic (exact) mass is 345 g/mol. The Balaban J connectivity index is 2.12. The number of thiophene rings is 1. The van der Waals surface area contributed by atoms with Crippen LogP contribution in [0.3, 0.4) is 0 Å². The Labute approximate surface area is 127 Å². The van der Waals surface area contributed by atoms with Crippen molar-refractivity contribution < 1.29 is 9.53 Å². The topological polar surface area (TPSA) is 29.5 Å². The van der Waals surface area contributed by atoms with E-state index in [0.29, 0.717) is 13.1 Å². The van der Waals surface area contributed by atoms with Crippen molar-refractivity contribution in [2.75, 3.05) is 13.1 Å². The van der Waals surface area contributed by atoms with Crippen molar-refractivity contribution in [3.05, 3.63) is 20.3 Å². The molecule has 2 atom stereocenters. The first-order chi connectivity index (χ1) is 9.01. The molecule has 1 aliphatic rings. The van der Waals surface area contributed by atoms with Crippen LogP contribution in [0.1, 0.15) is 41.7 Å². The second kappa shape index (κ2) is 6.37. The first-order valence-corrected chi connectivity index (χ1v) is 8.35. The first kappa shape index (κ1) is 15.0. The summed E-state index contributed by atoms with van der Waals surface area (Å²) in [6.07, 6.45) is 2.35. The van der Waals surface area contributed by atoms with Crippen molar-refractivity contribution in [3.63, 3.8) is 0 Å². The molecule has 1 aromatic heterocycles. The van der Waals surface area contributed by atoms with Crippen LogP contribution in [0.2, 0.25) is 0 Å². The van der Waals surface area contributed by atoms with Crippen molar-refractivity contribution in [1.82, 2.24) is 4.90 Å². The lowest BCUT2D eigenvalue weighted by Gasteiger charge is -2.35. The second-order valence-corrected chi connectivity index (χ2v) is 7.09. The van der Waals surface area contributed by atoms with Gasteiger partial charge in [-0.1, -0.05) is 13.3 Å². The molecule has 2 unspecified atom stereocenters. The number of carbonyl (C=O) groups is 1. The van der Waals surface area contributed by atoms with Crippen LogP contribution in [0.4, 0.5) is 0 Å². The molecule has 5 heteroatoms. The number of amides is 1. The number of rotatable bonds is 3. The standard InChI is InChI=1S/C14H20BrNO2S/c1-4-5-12-11(15)6-13(19-12)14(17)16-7-9(2)18-10(3)8-16/h6,9-10H,4-5,7-8H2,1-3H3. The molecule has 0 radical (unpaired) electrons. The summed E-state index contributed by atoms with van der Waals surface area (Å²) in [6, 6.07) is 1.96. The summed E-state index contributed by atoms with van der Waals surface area (Å²) in [7, 11) is 0. The molecule has 3 nitrogen and oxygen atoms in total. The Hall–Kier alpha value is -0.390. The van der Waals surface area contributed by atoms with Gasteiger partial charge in [0.25, 0.3) is 5.91 Å². The van der Waals surface area contributed by atoms with Crippen molar-refractivity contribution in [3.8, 4) is 0 Å². The van der Waals surface area contributed by atoms with E-state index in [1.54, 1.807) is 11.3 Å². The van der Waals surface area contributed by atoms with Gasteiger partial charge >= 0.3 is 0 Å². The molecule has 0 aromatic carbocycles. The lowest BCUT2D eigenvalue weighted by molar-refractivity contribution is -0.0585. The molecule has 0 spiro atoms. The minimum Gasteiger partial charge on any atom is -0.372 e. The highest BCUT2D eigenvalue weighted by Gasteiger charge is 2.27. The van der Waals surface area contributed by atoms with E-state index in [9.17, 15) is 4.79 Å². The van der Waals surface area contributed by atoms with E-state index in [4.69, 9.17) is 4.74 Å². The van der Waals surface area contributed by atoms with Gasteiger partial charge in [-0.3, -0.25) is 4.79 Å². The molecule has 1 amide bonds. The average molecular weight is 346 g/mol. The summed E-state index contributed by atoms with van der Waals surface area (Å²) >= 11 is 5.16. The van der Waals surface area contributed by atoms with Crippen molar-refractivity contribution in [2.45, 2.75) is 45.8 Å². The highest BCUT2D eigenvalue weighted by atomic mass is 79.9. The molecule has 0 N–H and O–H groups in total. The van der Waals surface area contributed by atoms with Crippen molar-refractivity contribution in [1.29, 1.82) is 0 Å². The Morgan fingerprint density at radius 2 is 2.11 bits per heavy atom. The highest BCUT2D eigenvalue weighted by molar-refractivity contribution is 9.10. The SMILES string of the molecule is CCCc1sc(C(=O)N2CC(C)OC(C)C2)cc1Br. The first-order valence-electron chi connectivity index (χ1n) is 6.74. The molecule has 0 saturated carbocycles. The molecule has 1 saturated heterocycles. The smallest absolute Gasteiger partial charge is 0.264 e. The van der Waals surface area contributed by atoms with E-state index in [1.165, 1.54) is 4.88 Å². The number of nitrogens with zero attached hydrogens (tertiary/aromatic N) is 1. The molecule has 1 aromatic rings. The number of morpholine rings is 1. The lowest BCUT2D eigenvalue weighted by Crippen LogP contribution is -2.48. The molecule has 106 valence electrons. The molecule has 0 bridgehead atoms. The molecular formula is C14H20BrNO2S. The van der Waals surface area contributed by atoms with E-state index in [1.807, 2.05) is 24.8 Å². The van der Waals surface area contributed by atoms with Crippen molar-refractivity contribution >= 4 is 33.2 Å². The average Bonchev–Trinajstić information content (AvgIpc) is 2.69. The summed E-state index contributed by atoms with van der Waals surface area (Å²) in [5.41, 5.74) is 0. The summed E-state index contributed by atoms with van der Waals surface area (Å²) in [5, 5.41) is 0. The number of carbonyl (C=O) groups excluding carboxylic acids is 1. The second-order valence-electron chi connectivity index (χ2n) is 5.10. The normalized spacial score (nSPS) is 23.7. The lowest BCUT2D eigenvalue weighted by atomic mass is 10.2. The predicted octanol–water partition coefficient (Wildman–Crippen LogP) is 3.71. The third kappa shape index (κ3) is 3.58. The molecule has 2 rings (SSSR count). The molecular weight excluding hydrogens is 326 g/mol. The highest BCUT2D eigenvalue weighted by Crippen LogP contribution is 2.30. The van der Waals surface area contributed by atoms with E-state index in [2.05, 4.69) is 22.9 Å². The third-order valence-corrected chi connectivity index (χ3v) is 5.30. The van der Waals surface area contributed by atoms with Crippen LogP contribution in [-0.4, -0.2) is 36.1 Å². The Morgan fingerprint density at radius 1 is 1.47 bits per heavy atom. The van der Waals surface area contributed by atoms with E-state index in [-0.39, 0.29) is 18.1 Å². The van der Waals surface area contributed by atoms with Crippen LogP contribution in [0, 0.1) is 0 Å². The molecule has 2 heterocycles. The molecule has 1 fully saturated rings. The van der Waals surface area contributed by atoms with Gasteiger partial charge in [0, 0.05) is 22.4 Å². The summed E-state index contributed by atoms with van der Waals surface area (Å²) in [6.45, 7) is 7.55. The fraction of sp³-hybridized carbons (Fsp3) is 0.643. The zero-order valence-corrected chi connectivity index (χ0v) is 14.0. The Morgan fingerprint density at radius 3 is 2.68 bits per heavy atom. The fourth-order valence-electron chi connectivity index (χ4n) is 2.41. The minimum atomic E-state index is 0.117. The van der Waals surface area contributed by atoms with Gasteiger partial charge in [-0.25, -0.2) is 0 Å². The number of aryl methyl sites for hydroxylation is 1. The van der Waals surface area contributed by atoms with Gasteiger partial charge in [-0.05, 0) is 42.3 Å². The zero-order chi connectivity index (χ0) is 14.0. The number of hydrogen-bond donors (Lipinski definition) is 0. The number of hydrogen-bond acceptors (Lipinski definition) is 3. The van der Waals surface area contributed by atoms with E-state index < -0.39 is 0 Å². The van der Waals surface area contributed by atoms with Gasteiger partial charge in [0.05, 0.1) is 17.1 Å². The quantitative estimate of drug-likeness (QED) is 0.835. The molecule has 19 heavy (non-hydrogen) atoms. The van der Waals surface area contributed by atoms with Gasteiger partial charge < -0.3 is 9.64 Å².